The monoisotopic (exact) mass is 256 g/mol. The molecule has 0 aliphatic heterocycles. The molecular weight excluding hydrogens is 244 g/mol. The van der Waals surface area contributed by atoms with Crippen LogP contribution < -0.4 is 5.32 Å². The Labute approximate surface area is 103 Å². The highest BCUT2D eigenvalue weighted by molar-refractivity contribution is 7.98. The van der Waals surface area contributed by atoms with Crippen molar-refractivity contribution < 1.29 is 0 Å². The highest BCUT2D eigenvalue weighted by Crippen LogP contribution is 2.28. The molecule has 0 aliphatic rings. The van der Waals surface area contributed by atoms with Crippen LogP contribution in [0.5, 0.6) is 0 Å². The lowest BCUT2D eigenvalue weighted by molar-refractivity contribution is 0.954. The van der Waals surface area contributed by atoms with Crippen molar-refractivity contribution in [2.75, 3.05) is 18.1 Å². The molecule has 4 nitrogen and oxygen atoms in total. The molecule has 0 bridgehead atoms. The summed E-state index contributed by atoms with van der Waals surface area (Å²) in [6, 6.07) is 0. The number of hydrogen-bond acceptors (Lipinski definition) is 4. The van der Waals surface area contributed by atoms with E-state index in [1.165, 1.54) is 0 Å². The Hall–Kier alpha value is -0.940. The van der Waals surface area contributed by atoms with E-state index in [2.05, 4.69) is 22.2 Å². The maximum Gasteiger partial charge on any atom is 0.177 e. The second-order valence-electron chi connectivity index (χ2n) is 3.31. The average molecular weight is 257 g/mol. The number of fused-ring (bicyclic) bond motifs is 1. The topological polar surface area (TPSA) is 42.2 Å². The number of rotatable bonds is 4. The minimum atomic E-state index is 0.433. The van der Waals surface area contributed by atoms with Gasteiger partial charge >= 0.3 is 0 Å². The van der Waals surface area contributed by atoms with E-state index in [9.17, 15) is 0 Å². The number of aromatic nitrogens is 3. The van der Waals surface area contributed by atoms with Crippen molar-refractivity contribution in [2.45, 2.75) is 18.4 Å². The molecule has 0 atom stereocenters. The van der Waals surface area contributed by atoms with Crippen molar-refractivity contribution in [1.29, 1.82) is 0 Å². The molecule has 0 aromatic carbocycles. The number of imidazole rings is 1. The Morgan fingerprint density at radius 2 is 2.38 bits per heavy atom. The standard InChI is InChI=1S/C10H13ClN4S/c1-3-4-13-9-10(16-2)14-8-7(11)12-5-6-15(8)9/h5-6,13H,3-4H2,1-2H3. The van der Waals surface area contributed by atoms with Gasteiger partial charge in [0.05, 0.1) is 0 Å². The zero-order chi connectivity index (χ0) is 11.5. The minimum Gasteiger partial charge on any atom is -0.369 e. The van der Waals surface area contributed by atoms with Crippen LogP contribution in [0.25, 0.3) is 5.65 Å². The fraction of sp³-hybridized carbons (Fsp3) is 0.400. The third-order valence-electron chi connectivity index (χ3n) is 2.20. The van der Waals surface area contributed by atoms with Crippen LogP contribution in [-0.4, -0.2) is 27.2 Å². The average Bonchev–Trinajstić information content (AvgIpc) is 2.66. The molecule has 6 heteroatoms. The molecule has 0 unspecified atom stereocenters. The molecule has 0 saturated carbocycles. The highest BCUT2D eigenvalue weighted by Gasteiger charge is 2.13. The van der Waals surface area contributed by atoms with E-state index in [1.54, 1.807) is 18.0 Å². The molecule has 0 saturated heterocycles. The lowest BCUT2D eigenvalue weighted by Crippen LogP contribution is -2.03. The van der Waals surface area contributed by atoms with Gasteiger partial charge in [0.25, 0.3) is 0 Å². The smallest absolute Gasteiger partial charge is 0.177 e. The SMILES string of the molecule is CCCNc1c(SC)nc2c(Cl)nccn12. The van der Waals surface area contributed by atoms with Crippen LogP contribution in [-0.2, 0) is 0 Å². The van der Waals surface area contributed by atoms with Crippen LogP contribution >= 0.6 is 23.4 Å². The van der Waals surface area contributed by atoms with Gasteiger partial charge in [-0.05, 0) is 12.7 Å². The number of anilines is 1. The molecule has 0 aliphatic carbocycles. The van der Waals surface area contributed by atoms with Crippen LogP contribution in [0.3, 0.4) is 0 Å². The van der Waals surface area contributed by atoms with Crippen molar-refractivity contribution in [2.24, 2.45) is 0 Å². The zero-order valence-electron chi connectivity index (χ0n) is 9.20. The number of nitrogens with zero attached hydrogens (tertiary/aromatic N) is 3. The fourth-order valence-electron chi connectivity index (χ4n) is 1.47. The predicted molar refractivity (Wildman–Crippen MR) is 68.6 cm³/mol. The van der Waals surface area contributed by atoms with E-state index >= 15 is 0 Å². The fourth-order valence-corrected chi connectivity index (χ4v) is 2.20. The third kappa shape index (κ3) is 1.97. The Morgan fingerprint density at radius 3 is 3.06 bits per heavy atom. The molecule has 1 N–H and O–H groups in total. The maximum absolute atomic E-state index is 6.00. The summed E-state index contributed by atoms with van der Waals surface area (Å²) >= 11 is 7.60. The first-order valence-electron chi connectivity index (χ1n) is 5.08. The van der Waals surface area contributed by atoms with Gasteiger partial charge in [0.15, 0.2) is 10.8 Å². The van der Waals surface area contributed by atoms with E-state index in [0.29, 0.717) is 10.8 Å². The van der Waals surface area contributed by atoms with Gasteiger partial charge in [-0.15, -0.1) is 11.8 Å². The Kier molecular flexibility index (Phi) is 3.56. The van der Waals surface area contributed by atoms with Gasteiger partial charge in [-0.1, -0.05) is 18.5 Å². The Morgan fingerprint density at radius 1 is 1.56 bits per heavy atom. The first kappa shape index (κ1) is 11.5. The molecule has 0 spiro atoms. The van der Waals surface area contributed by atoms with Gasteiger partial charge in [-0.25, -0.2) is 9.97 Å². The maximum atomic E-state index is 6.00. The van der Waals surface area contributed by atoms with Gasteiger partial charge < -0.3 is 5.32 Å². The number of nitrogens with one attached hydrogen (secondary N) is 1. The van der Waals surface area contributed by atoms with Crippen molar-refractivity contribution in [1.82, 2.24) is 14.4 Å². The molecule has 86 valence electrons. The van der Waals surface area contributed by atoms with Crippen molar-refractivity contribution >= 4 is 34.8 Å². The Balaban J connectivity index is 2.54. The third-order valence-corrected chi connectivity index (χ3v) is 3.14. The molecule has 0 fully saturated rings. The number of hydrogen-bond donors (Lipinski definition) is 1. The van der Waals surface area contributed by atoms with Gasteiger partial charge in [0.1, 0.15) is 10.8 Å². The summed E-state index contributed by atoms with van der Waals surface area (Å²) < 4.78 is 1.94. The zero-order valence-corrected chi connectivity index (χ0v) is 10.8. The molecular formula is C10H13ClN4S. The summed E-state index contributed by atoms with van der Waals surface area (Å²) in [4.78, 5) is 8.47. The Bertz CT molecular complexity index is 497. The molecule has 2 aromatic heterocycles. The first-order valence-corrected chi connectivity index (χ1v) is 6.68. The van der Waals surface area contributed by atoms with Gasteiger partial charge in [-0.2, -0.15) is 0 Å². The van der Waals surface area contributed by atoms with Crippen LogP contribution in [0, 0.1) is 0 Å². The number of thioether (sulfide) groups is 1. The minimum absolute atomic E-state index is 0.433. The van der Waals surface area contributed by atoms with E-state index in [-0.39, 0.29) is 0 Å². The van der Waals surface area contributed by atoms with E-state index in [4.69, 9.17) is 11.6 Å². The lowest BCUT2D eigenvalue weighted by Gasteiger charge is -2.05. The second-order valence-corrected chi connectivity index (χ2v) is 4.46. The summed E-state index contributed by atoms with van der Waals surface area (Å²) in [5.41, 5.74) is 0.701. The molecule has 2 aromatic rings. The summed E-state index contributed by atoms with van der Waals surface area (Å²) in [6.45, 7) is 3.05. The quantitative estimate of drug-likeness (QED) is 0.855. The van der Waals surface area contributed by atoms with E-state index in [1.807, 2.05) is 16.9 Å². The van der Waals surface area contributed by atoms with Crippen molar-refractivity contribution in [3.63, 3.8) is 0 Å². The van der Waals surface area contributed by atoms with Crippen LogP contribution in [0.1, 0.15) is 13.3 Å². The highest BCUT2D eigenvalue weighted by atomic mass is 35.5. The first-order chi connectivity index (χ1) is 7.77. The molecule has 0 radical (unpaired) electrons. The van der Waals surface area contributed by atoms with Crippen LogP contribution in [0.2, 0.25) is 5.15 Å². The van der Waals surface area contributed by atoms with Gasteiger partial charge in [0.2, 0.25) is 0 Å². The van der Waals surface area contributed by atoms with Crippen molar-refractivity contribution in [3.05, 3.63) is 17.5 Å². The molecule has 0 amide bonds. The van der Waals surface area contributed by atoms with E-state index in [0.717, 1.165) is 23.8 Å². The number of halogens is 1. The second kappa shape index (κ2) is 4.93. The molecule has 16 heavy (non-hydrogen) atoms. The van der Waals surface area contributed by atoms with Gasteiger partial charge in [-0.3, -0.25) is 4.40 Å². The predicted octanol–water partition coefficient (Wildman–Crippen LogP) is 2.93. The summed E-state index contributed by atoms with van der Waals surface area (Å²) in [6.07, 6.45) is 6.62. The van der Waals surface area contributed by atoms with Crippen molar-refractivity contribution in [3.8, 4) is 0 Å². The molecule has 2 heterocycles. The molecule has 2 rings (SSSR count). The van der Waals surface area contributed by atoms with Crippen LogP contribution in [0.4, 0.5) is 5.82 Å². The largest absolute Gasteiger partial charge is 0.369 e. The summed E-state index contributed by atoms with van der Waals surface area (Å²) in [5, 5.41) is 4.74. The van der Waals surface area contributed by atoms with Gasteiger partial charge in [0, 0.05) is 18.9 Å². The van der Waals surface area contributed by atoms with Crippen LogP contribution in [0.15, 0.2) is 17.4 Å². The summed E-state index contributed by atoms with van der Waals surface area (Å²) in [5.74, 6) is 0.994. The summed E-state index contributed by atoms with van der Waals surface area (Å²) in [7, 11) is 0. The van der Waals surface area contributed by atoms with E-state index < -0.39 is 0 Å². The normalized spacial score (nSPS) is 10.9. The lowest BCUT2D eigenvalue weighted by atomic mass is 10.5.